The van der Waals surface area contributed by atoms with Crippen LogP contribution in [0, 0.1) is 11.3 Å². The van der Waals surface area contributed by atoms with Gasteiger partial charge in [-0.2, -0.15) is 0 Å². The fourth-order valence-corrected chi connectivity index (χ4v) is 2.77. The molecule has 0 radical (unpaired) electrons. The zero-order chi connectivity index (χ0) is 13.4. The Hall–Kier alpha value is -0.810. The summed E-state index contributed by atoms with van der Waals surface area (Å²) in [6, 6.07) is 0. The second-order valence-corrected chi connectivity index (χ2v) is 6.40. The van der Waals surface area contributed by atoms with Gasteiger partial charge in [0.1, 0.15) is 5.60 Å². The SMILES string of the molecule is CC(C)(C)OC(=O)N1C[C@@H]2COCC[C@]2(CO)C1. The molecule has 18 heavy (non-hydrogen) atoms. The molecular formula is C13H23NO4. The van der Waals surface area contributed by atoms with Crippen molar-refractivity contribution in [3.8, 4) is 0 Å². The predicted octanol–water partition coefficient (Wildman–Crippen LogP) is 1.25. The molecule has 2 heterocycles. The molecule has 2 aliphatic rings. The van der Waals surface area contributed by atoms with E-state index in [9.17, 15) is 9.90 Å². The third-order valence-corrected chi connectivity index (χ3v) is 3.84. The van der Waals surface area contributed by atoms with Crippen LogP contribution in [0.15, 0.2) is 0 Å². The van der Waals surface area contributed by atoms with Crippen LogP contribution in [0.4, 0.5) is 4.79 Å². The van der Waals surface area contributed by atoms with E-state index >= 15 is 0 Å². The Labute approximate surface area is 108 Å². The summed E-state index contributed by atoms with van der Waals surface area (Å²) < 4.78 is 10.8. The number of likely N-dealkylation sites (tertiary alicyclic amines) is 1. The lowest BCUT2D eigenvalue weighted by atomic mass is 9.75. The van der Waals surface area contributed by atoms with Crippen molar-refractivity contribution in [2.24, 2.45) is 11.3 Å². The third-order valence-electron chi connectivity index (χ3n) is 3.84. The zero-order valence-corrected chi connectivity index (χ0v) is 11.4. The van der Waals surface area contributed by atoms with Crippen molar-refractivity contribution in [1.82, 2.24) is 4.90 Å². The maximum absolute atomic E-state index is 12.0. The Bertz CT molecular complexity index is 325. The van der Waals surface area contributed by atoms with Gasteiger partial charge in [0.25, 0.3) is 0 Å². The maximum atomic E-state index is 12.0. The van der Waals surface area contributed by atoms with Crippen molar-refractivity contribution < 1.29 is 19.4 Å². The van der Waals surface area contributed by atoms with Gasteiger partial charge in [-0.25, -0.2) is 4.79 Å². The first-order chi connectivity index (χ1) is 8.36. The number of nitrogens with zero attached hydrogens (tertiary/aromatic N) is 1. The molecule has 0 aromatic heterocycles. The lowest BCUT2D eigenvalue weighted by Gasteiger charge is -2.36. The fraction of sp³-hybridized carbons (Fsp3) is 0.923. The van der Waals surface area contributed by atoms with E-state index in [-0.39, 0.29) is 24.0 Å². The molecule has 5 heteroatoms. The van der Waals surface area contributed by atoms with E-state index in [2.05, 4.69) is 0 Å². The van der Waals surface area contributed by atoms with E-state index in [1.807, 2.05) is 20.8 Å². The smallest absolute Gasteiger partial charge is 0.410 e. The molecule has 0 saturated carbocycles. The minimum absolute atomic E-state index is 0.111. The molecule has 2 fully saturated rings. The van der Waals surface area contributed by atoms with Crippen LogP contribution in [0.2, 0.25) is 0 Å². The van der Waals surface area contributed by atoms with Gasteiger partial charge in [-0.15, -0.1) is 0 Å². The largest absolute Gasteiger partial charge is 0.444 e. The zero-order valence-electron chi connectivity index (χ0n) is 11.4. The van der Waals surface area contributed by atoms with Crippen LogP contribution in [-0.4, -0.2) is 54.6 Å². The molecule has 0 bridgehead atoms. The highest BCUT2D eigenvalue weighted by Crippen LogP contribution is 2.42. The van der Waals surface area contributed by atoms with E-state index in [1.54, 1.807) is 4.90 Å². The Balaban J connectivity index is 2.03. The summed E-state index contributed by atoms with van der Waals surface area (Å²) in [5.74, 6) is 0.226. The molecule has 0 aromatic carbocycles. The number of rotatable bonds is 1. The Morgan fingerprint density at radius 3 is 2.83 bits per heavy atom. The van der Waals surface area contributed by atoms with Gasteiger partial charge < -0.3 is 19.5 Å². The quantitative estimate of drug-likeness (QED) is 0.768. The van der Waals surface area contributed by atoms with Crippen LogP contribution >= 0.6 is 0 Å². The summed E-state index contributed by atoms with van der Waals surface area (Å²) in [6.45, 7) is 8.18. The van der Waals surface area contributed by atoms with Crippen LogP contribution < -0.4 is 0 Å². The number of carbonyl (C=O) groups excluding carboxylic acids is 1. The molecule has 2 atom stereocenters. The summed E-state index contributed by atoms with van der Waals surface area (Å²) in [5.41, 5.74) is -0.664. The summed E-state index contributed by atoms with van der Waals surface area (Å²) in [6.07, 6.45) is 0.526. The second kappa shape index (κ2) is 4.70. The van der Waals surface area contributed by atoms with Gasteiger partial charge in [-0.05, 0) is 27.2 Å². The Kier molecular flexibility index (Phi) is 3.56. The predicted molar refractivity (Wildman–Crippen MR) is 66.3 cm³/mol. The van der Waals surface area contributed by atoms with Gasteiger partial charge in [-0.3, -0.25) is 0 Å². The van der Waals surface area contributed by atoms with Crippen LogP contribution in [0.1, 0.15) is 27.2 Å². The van der Waals surface area contributed by atoms with E-state index in [0.29, 0.717) is 26.3 Å². The van der Waals surface area contributed by atoms with E-state index < -0.39 is 5.60 Å². The summed E-state index contributed by atoms with van der Waals surface area (Å²) in [4.78, 5) is 13.8. The lowest BCUT2D eigenvalue weighted by molar-refractivity contribution is -0.0418. The molecule has 5 nitrogen and oxygen atoms in total. The van der Waals surface area contributed by atoms with Crippen LogP contribution in [-0.2, 0) is 9.47 Å². The Morgan fingerprint density at radius 1 is 1.56 bits per heavy atom. The molecule has 2 rings (SSSR count). The molecule has 1 amide bonds. The molecular weight excluding hydrogens is 234 g/mol. The van der Waals surface area contributed by atoms with Crippen LogP contribution in [0.3, 0.4) is 0 Å². The van der Waals surface area contributed by atoms with Gasteiger partial charge in [0.2, 0.25) is 0 Å². The average Bonchev–Trinajstić information content (AvgIpc) is 2.66. The number of hydrogen-bond acceptors (Lipinski definition) is 4. The highest BCUT2D eigenvalue weighted by Gasteiger charge is 2.49. The molecule has 2 saturated heterocycles. The van der Waals surface area contributed by atoms with Gasteiger partial charge >= 0.3 is 6.09 Å². The number of amides is 1. The standard InChI is InChI=1S/C13H23NO4/c1-12(2,3)18-11(16)14-6-10-7-17-5-4-13(10,8-14)9-15/h10,15H,4-9H2,1-3H3/t10-,13-/m1/s1. The minimum Gasteiger partial charge on any atom is -0.444 e. The van der Waals surface area contributed by atoms with Crippen LogP contribution in [0.25, 0.3) is 0 Å². The fourth-order valence-electron chi connectivity index (χ4n) is 2.77. The first-order valence-corrected chi connectivity index (χ1v) is 6.53. The number of hydrogen-bond donors (Lipinski definition) is 1. The number of ether oxygens (including phenoxy) is 2. The number of carbonyl (C=O) groups is 1. The van der Waals surface area contributed by atoms with Crippen molar-refractivity contribution in [2.75, 3.05) is 32.9 Å². The molecule has 0 spiro atoms. The van der Waals surface area contributed by atoms with Gasteiger partial charge in [-0.1, -0.05) is 0 Å². The highest BCUT2D eigenvalue weighted by atomic mass is 16.6. The molecule has 0 unspecified atom stereocenters. The first-order valence-electron chi connectivity index (χ1n) is 6.53. The van der Waals surface area contributed by atoms with Crippen molar-refractivity contribution in [2.45, 2.75) is 32.8 Å². The number of aliphatic hydroxyl groups is 1. The van der Waals surface area contributed by atoms with Gasteiger partial charge in [0.05, 0.1) is 13.2 Å². The molecule has 2 aliphatic heterocycles. The molecule has 104 valence electrons. The van der Waals surface area contributed by atoms with Gasteiger partial charge in [0, 0.05) is 31.0 Å². The molecule has 0 aromatic rings. The van der Waals surface area contributed by atoms with Crippen LogP contribution in [0.5, 0.6) is 0 Å². The normalized spacial score (nSPS) is 32.2. The minimum atomic E-state index is -0.478. The Morgan fingerprint density at radius 2 is 2.28 bits per heavy atom. The lowest BCUT2D eigenvalue weighted by Crippen LogP contribution is -2.42. The molecule has 0 aliphatic carbocycles. The molecule has 1 N–H and O–H groups in total. The average molecular weight is 257 g/mol. The number of fused-ring (bicyclic) bond motifs is 1. The van der Waals surface area contributed by atoms with Crippen molar-refractivity contribution in [3.63, 3.8) is 0 Å². The number of aliphatic hydroxyl groups excluding tert-OH is 1. The van der Waals surface area contributed by atoms with E-state index in [0.717, 1.165) is 6.42 Å². The topological polar surface area (TPSA) is 59.0 Å². The van der Waals surface area contributed by atoms with Gasteiger partial charge in [0.15, 0.2) is 0 Å². The first kappa shape index (κ1) is 13.6. The van der Waals surface area contributed by atoms with Crippen molar-refractivity contribution in [3.05, 3.63) is 0 Å². The highest BCUT2D eigenvalue weighted by molar-refractivity contribution is 5.68. The van der Waals surface area contributed by atoms with E-state index in [1.165, 1.54) is 0 Å². The maximum Gasteiger partial charge on any atom is 0.410 e. The monoisotopic (exact) mass is 257 g/mol. The summed E-state index contributed by atoms with van der Waals surface area (Å²) in [5, 5.41) is 9.65. The van der Waals surface area contributed by atoms with Crippen molar-refractivity contribution >= 4 is 6.09 Å². The van der Waals surface area contributed by atoms with Crippen molar-refractivity contribution in [1.29, 1.82) is 0 Å². The van der Waals surface area contributed by atoms with E-state index in [4.69, 9.17) is 9.47 Å². The third kappa shape index (κ3) is 2.62. The summed E-state index contributed by atoms with van der Waals surface area (Å²) >= 11 is 0. The summed E-state index contributed by atoms with van der Waals surface area (Å²) in [7, 11) is 0. The second-order valence-electron chi connectivity index (χ2n) is 6.40.